The van der Waals surface area contributed by atoms with Gasteiger partial charge in [-0.2, -0.15) is 0 Å². The molecule has 1 saturated carbocycles. The van der Waals surface area contributed by atoms with Gasteiger partial charge in [0.05, 0.1) is 11.9 Å². The Morgan fingerprint density at radius 2 is 1.93 bits per heavy atom. The van der Waals surface area contributed by atoms with Crippen molar-refractivity contribution in [3.8, 4) is 0 Å². The summed E-state index contributed by atoms with van der Waals surface area (Å²) in [6.07, 6.45) is 3.89. The highest BCUT2D eigenvalue weighted by Gasteiger charge is 2.26. The van der Waals surface area contributed by atoms with Crippen LogP contribution in [-0.4, -0.2) is 11.9 Å². The van der Waals surface area contributed by atoms with Crippen molar-refractivity contribution >= 4 is 5.84 Å². The maximum absolute atomic E-state index is 5.90. The average molecular weight is 196 g/mol. The molecule has 82 valence electrons. The number of aliphatic imine (C=N–C) groups is 1. The zero-order valence-corrected chi connectivity index (χ0v) is 9.96. The second-order valence-electron chi connectivity index (χ2n) is 5.04. The molecule has 0 aromatic heterocycles. The smallest absolute Gasteiger partial charge is 0.0966 e. The summed E-state index contributed by atoms with van der Waals surface area (Å²) in [5, 5.41) is 0. The lowest BCUT2D eigenvalue weighted by molar-refractivity contribution is 0.241. The Morgan fingerprint density at radius 3 is 2.50 bits per heavy atom. The van der Waals surface area contributed by atoms with Crippen LogP contribution < -0.4 is 5.73 Å². The summed E-state index contributed by atoms with van der Waals surface area (Å²) in [6.45, 7) is 8.86. The summed E-state index contributed by atoms with van der Waals surface area (Å²) >= 11 is 0. The molecule has 3 atom stereocenters. The summed E-state index contributed by atoms with van der Waals surface area (Å²) in [4.78, 5) is 4.66. The molecule has 1 aliphatic carbocycles. The Balaban J connectivity index is 2.63. The van der Waals surface area contributed by atoms with Crippen molar-refractivity contribution in [2.75, 3.05) is 0 Å². The molecule has 0 aliphatic heterocycles. The van der Waals surface area contributed by atoms with Crippen LogP contribution >= 0.6 is 0 Å². The Kier molecular flexibility index (Phi) is 3.97. The third-order valence-corrected chi connectivity index (χ3v) is 3.57. The lowest BCUT2D eigenvalue weighted by atomic mass is 9.78. The minimum Gasteiger partial charge on any atom is -0.387 e. The number of amidine groups is 1. The van der Waals surface area contributed by atoms with Gasteiger partial charge in [-0.3, -0.25) is 4.99 Å². The first-order valence-corrected chi connectivity index (χ1v) is 5.85. The van der Waals surface area contributed by atoms with Crippen LogP contribution in [0.3, 0.4) is 0 Å². The normalized spacial score (nSPS) is 34.9. The van der Waals surface area contributed by atoms with Gasteiger partial charge >= 0.3 is 0 Å². The van der Waals surface area contributed by atoms with Crippen LogP contribution in [-0.2, 0) is 0 Å². The Morgan fingerprint density at radius 1 is 1.29 bits per heavy atom. The van der Waals surface area contributed by atoms with Gasteiger partial charge in [0.15, 0.2) is 0 Å². The number of hydrogen-bond acceptors (Lipinski definition) is 1. The topological polar surface area (TPSA) is 38.4 Å². The third-order valence-electron chi connectivity index (χ3n) is 3.57. The number of rotatable bonds is 2. The van der Waals surface area contributed by atoms with Crippen molar-refractivity contribution < 1.29 is 0 Å². The van der Waals surface area contributed by atoms with Gasteiger partial charge in [0.25, 0.3) is 0 Å². The van der Waals surface area contributed by atoms with Crippen LogP contribution in [0.15, 0.2) is 4.99 Å². The van der Waals surface area contributed by atoms with Crippen molar-refractivity contribution in [1.29, 1.82) is 0 Å². The standard InChI is InChI=1S/C12H24N2/c1-8(2)12(13)14-11-7-5-6-9(3)10(11)4/h8-11H,5-7H2,1-4H3,(H2,13,14). The molecule has 2 nitrogen and oxygen atoms in total. The molecule has 1 rings (SSSR count). The van der Waals surface area contributed by atoms with E-state index in [-0.39, 0.29) is 0 Å². The Labute approximate surface area is 88.0 Å². The first kappa shape index (κ1) is 11.5. The fraction of sp³-hybridized carbons (Fsp3) is 0.917. The Bertz CT molecular complexity index is 208. The first-order valence-electron chi connectivity index (χ1n) is 5.85. The lowest BCUT2D eigenvalue weighted by Gasteiger charge is -2.32. The monoisotopic (exact) mass is 196 g/mol. The van der Waals surface area contributed by atoms with E-state index in [9.17, 15) is 0 Å². The van der Waals surface area contributed by atoms with Gasteiger partial charge < -0.3 is 5.73 Å². The maximum Gasteiger partial charge on any atom is 0.0966 e. The fourth-order valence-electron chi connectivity index (χ4n) is 2.08. The van der Waals surface area contributed by atoms with Gasteiger partial charge in [0, 0.05) is 5.92 Å². The van der Waals surface area contributed by atoms with Crippen LogP contribution in [0.1, 0.15) is 47.0 Å². The summed E-state index contributed by atoms with van der Waals surface area (Å²) in [5.41, 5.74) is 5.90. The third kappa shape index (κ3) is 2.73. The van der Waals surface area contributed by atoms with Gasteiger partial charge in [-0.05, 0) is 18.3 Å². The summed E-state index contributed by atoms with van der Waals surface area (Å²) in [6, 6.07) is 0.473. The van der Waals surface area contributed by atoms with Crippen LogP contribution in [0.25, 0.3) is 0 Å². The van der Waals surface area contributed by atoms with E-state index >= 15 is 0 Å². The molecular formula is C12H24N2. The molecule has 0 aromatic carbocycles. The lowest BCUT2D eigenvalue weighted by Crippen LogP contribution is -2.31. The molecule has 0 bridgehead atoms. The highest BCUT2D eigenvalue weighted by molar-refractivity contribution is 5.82. The van der Waals surface area contributed by atoms with Crippen molar-refractivity contribution in [1.82, 2.24) is 0 Å². The highest BCUT2D eigenvalue weighted by Crippen LogP contribution is 2.31. The molecule has 0 heterocycles. The Hall–Kier alpha value is -0.530. The predicted molar refractivity (Wildman–Crippen MR) is 62.4 cm³/mol. The number of hydrogen-bond donors (Lipinski definition) is 1. The van der Waals surface area contributed by atoms with Gasteiger partial charge in [-0.15, -0.1) is 0 Å². The molecule has 0 radical (unpaired) electrons. The molecular weight excluding hydrogens is 172 g/mol. The van der Waals surface area contributed by atoms with E-state index in [0.29, 0.717) is 17.9 Å². The molecule has 2 heteroatoms. The van der Waals surface area contributed by atoms with Crippen LogP contribution in [0.4, 0.5) is 0 Å². The SMILES string of the molecule is CC(C)C(N)=NC1CCCC(C)C1C. The van der Waals surface area contributed by atoms with Crippen molar-refractivity contribution in [2.24, 2.45) is 28.5 Å². The van der Waals surface area contributed by atoms with Crippen molar-refractivity contribution in [3.63, 3.8) is 0 Å². The second-order valence-corrected chi connectivity index (χ2v) is 5.04. The second kappa shape index (κ2) is 4.81. The number of nitrogens with zero attached hydrogens (tertiary/aromatic N) is 1. The average Bonchev–Trinajstić information content (AvgIpc) is 2.12. The van der Waals surface area contributed by atoms with E-state index in [2.05, 4.69) is 32.7 Å². The van der Waals surface area contributed by atoms with Crippen molar-refractivity contribution in [2.45, 2.75) is 53.0 Å². The molecule has 0 saturated heterocycles. The summed E-state index contributed by atoms with van der Waals surface area (Å²) in [5.74, 6) is 2.72. The molecule has 3 unspecified atom stereocenters. The zero-order valence-electron chi connectivity index (χ0n) is 9.96. The van der Waals surface area contributed by atoms with Gasteiger partial charge in [0.2, 0.25) is 0 Å². The van der Waals surface area contributed by atoms with Crippen molar-refractivity contribution in [3.05, 3.63) is 0 Å². The van der Waals surface area contributed by atoms with Crippen LogP contribution in [0.5, 0.6) is 0 Å². The fourth-order valence-corrected chi connectivity index (χ4v) is 2.08. The van der Waals surface area contributed by atoms with E-state index in [1.165, 1.54) is 19.3 Å². The van der Waals surface area contributed by atoms with E-state index in [1.54, 1.807) is 0 Å². The minimum atomic E-state index is 0.388. The molecule has 0 aromatic rings. The van der Waals surface area contributed by atoms with E-state index in [4.69, 9.17) is 5.73 Å². The van der Waals surface area contributed by atoms with E-state index in [1.807, 2.05) is 0 Å². The molecule has 1 fully saturated rings. The molecule has 0 spiro atoms. The zero-order chi connectivity index (χ0) is 10.7. The molecule has 0 amide bonds. The van der Waals surface area contributed by atoms with Gasteiger partial charge in [-0.1, -0.05) is 40.5 Å². The highest BCUT2D eigenvalue weighted by atomic mass is 14.9. The molecule has 2 N–H and O–H groups in total. The first-order chi connectivity index (χ1) is 6.52. The molecule has 14 heavy (non-hydrogen) atoms. The van der Waals surface area contributed by atoms with E-state index < -0.39 is 0 Å². The summed E-state index contributed by atoms with van der Waals surface area (Å²) in [7, 11) is 0. The van der Waals surface area contributed by atoms with E-state index in [0.717, 1.165) is 11.8 Å². The quantitative estimate of drug-likeness (QED) is 0.535. The van der Waals surface area contributed by atoms with Gasteiger partial charge in [0.1, 0.15) is 0 Å². The molecule has 1 aliphatic rings. The maximum atomic E-state index is 5.90. The van der Waals surface area contributed by atoms with Crippen LogP contribution in [0, 0.1) is 17.8 Å². The number of nitrogens with two attached hydrogens (primary N) is 1. The summed E-state index contributed by atoms with van der Waals surface area (Å²) < 4.78 is 0. The van der Waals surface area contributed by atoms with Gasteiger partial charge in [-0.25, -0.2) is 0 Å². The van der Waals surface area contributed by atoms with Crippen LogP contribution in [0.2, 0.25) is 0 Å². The largest absolute Gasteiger partial charge is 0.387 e. The minimum absolute atomic E-state index is 0.388. The predicted octanol–water partition coefficient (Wildman–Crippen LogP) is 2.82.